The molecule has 7 nitrogen and oxygen atoms in total. The summed E-state index contributed by atoms with van der Waals surface area (Å²) in [5.41, 5.74) is 3.64. The number of rotatable bonds is 5. The second-order valence-electron chi connectivity index (χ2n) is 7.92. The Kier molecular flexibility index (Phi) is 5.48. The second kappa shape index (κ2) is 7.91. The molecule has 0 saturated carbocycles. The van der Waals surface area contributed by atoms with E-state index in [4.69, 9.17) is 0 Å². The minimum absolute atomic E-state index is 0.0796. The van der Waals surface area contributed by atoms with E-state index in [1.165, 1.54) is 11.1 Å². The highest BCUT2D eigenvalue weighted by molar-refractivity contribution is 7.89. The molecule has 0 unspecified atom stereocenters. The van der Waals surface area contributed by atoms with Crippen LogP contribution in [-0.2, 0) is 34.3 Å². The average Bonchev–Trinajstić information content (AvgIpc) is 3.34. The predicted molar refractivity (Wildman–Crippen MR) is 110 cm³/mol. The monoisotopic (exact) mass is 416 g/mol. The van der Waals surface area contributed by atoms with Gasteiger partial charge in [-0.25, -0.2) is 8.42 Å². The number of aryl methyl sites for hydroxylation is 2. The van der Waals surface area contributed by atoms with Gasteiger partial charge in [-0.15, -0.1) is 0 Å². The predicted octanol–water partition coefficient (Wildman–Crippen LogP) is 2.26. The molecule has 1 aromatic heterocycles. The Balaban J connectivity index is 1.45. The first kappa shape index (κ1) is 20.1. The zero-order valence-corrected chi connectivity index (χ0v) is 17.9. The molecule has 2 aliphatic heterocycles. The fraction of sp³-hybridized carbons (Fsp3) is 0.524. The van der Waals surface area contributed by atoms with Crippen LogP contribution in [0.5, 0.6) is 0 Å². The zero-order valence-electron chi connectivity index (χ0n) is 17.1. The van der Waals surface area contributed by atoms with Crippen LogP contribution in [-0.4, -0.2) is 52.9 Å². The maximum absolute atomic E-state index is 13.0. The van der Waals surface area contributed by atoms with Crippen LogP contribution < -0.4 is 0 Å². The maximum Gasteiger partial charge on any atom is 0.246 e. The van der Waals surface area contributed by atoms with Crippen molar-refractivity contribution >= 4 is 15.9 Å². The third-order valence-corrected chi connectivity index (χ3v) is 8.15. The van der Waals surface area contributed by atoms with Gasteiger partial charge in [0, 0.05) is 32.6 Å². The third kappa shape index (κ3) is 3.83. The first-order chi connectivity index (χ1) is 13.9. The lowest BCUT2D eigenvalue weighted by Gasteiger charge is -2.29. The van der Waals surface area contributed by atoms with Gasteiger partial charge in [-0.05, 0) is 44.2 Å². The van der Waals surface area contributed by atoms with E-state index in [0.29, 0.717) is 48.9 Å². The number of fused-ring (bicyclic) bond motifs is 1. The Labute approximate surface area is 172 Å². The molecule has 0 spiro atoms. The molecule has 156 valence electrons. The van der Waals surface area contributed by atoms with Gasteiger partial charge in [-0.1, -0.05) is 24.3 Å². The van der Waals surface area contributed by atoms with Crippen LogP contribution in [0.2, 0.25) is 0 Å². The quantitative estimate of drug-likeness (QED) is 0.749. The molecule has 1 amide bonds. The number of benzene rings is 1. The van der Waals surface area contributed by atoms with Gasteiger partial charge in [0.05, 0.1) is 17.9 Å². The Morgan fingerprint density at radius 2 is 1.76 bits per heavy atom. The average molecular weight is 417 g/mol. The number of hydrogen-bond acceptors (Lipinski definition) is 4. The summed E-state index contributed by atoms with van der Waals surface area (Å²) in [5.74, 6) is 0.0796. The van der Waals surface area contributed by atoms with Crippen LogP contribution in [0.25, 0.3) is 0 Å². The fourth-order valence-electron chi connectivity index (χ4n) is 4.40. The molecule has 0 radical (unpaired) electrons. The molecule has 0 aliphatic carbocycles. The van der Waals surface area contributed by atoms with Gasteiger partial charge in [0.1, 0.15) is 4.90 Å². The molecular formula is C21H28N4O3S. The Hall–Kier alpha value is -2.19. The number of carbonyl (C=O) groups is 1. The molecule has 1 aromatic carbocycles. The van der Waals surface area contributed by atoms with Gasteiger partial charge < -0.3 is 4.90 Å². The van der Waals surface area contributed by atoms with Crippen molar-refractivity contribution in [3.63, 3.8) is 0 Å². The molecule has 29 heavy (non-hydrogen) atoms. The van der Waals surface area contributed by atoms with Gasteiger partial charge in [0.15, 0.2) is 0 Å². The lowest BCUT2D eigenvalue weighted by molar-refractivity contribution is -0.132. The van der Waals surface area contributed by atoms with Crippen molar-refractivity contribution in [2.75, 3.05) is 19.6 Å². The summed E-state index contributed by atoms with van der Waals surface area (Å²) < 4.78 is 29.2. The Morgan fingerprint density at radius 3 is 2.48 bits per heavy atom. The van der Waals surface area contributed by atoms with Crippen LogP contribution in [0.1, 0.15) is 41.8 Å². The van der Waals surface area contributed by atoms with E-state index in [1.807, 2.05) is 17.0 Å². The normalized spacial score (nSPS) is 17.5. The maximum atomic E-state index is 13.0. The number of amides is 1. The van der Waals surface area contributed by atoms with E-state index in [-0.39, 0.29) is 5.91 Å². The number of hydrogen-bond donors (Lipinski definition) is 0. The first-order valence-corrected chi connectivity index (χ1v) is 11.7. The minimum Gasteiger partial charge on any atom is -0.338 e. The molecule has 1 saturated heterocycles. The molecule has 2 aliphatic rings. The van der Waals surface area contributed by atoms with Crippen molar-refractivity contribution in [1.29, 1.82) is 0 Å². The summed E-state index contributed by atoms with van der Waals surface area (Å²) in [4.78, 5) is 14.9. The van der Waals surface area contributed by atoms with Crippen LogP contribution in [0.4, 0.5) is 0 Å². The smallest absolute Gasteiger partial charge is 0.246 e. The Morgan fingerprint density at radius 1 is 1.07 bits per heavy atom. The van der Waals surface area contributed by atoms with Gasteiger partial charge in [0.2, 0.25) is 15.9 Å². The van der Waals surface area contributed by atoms with Crippen molar-refractivity contribution in [2.24, 2.45) is 0 Å². The zero-order chi connectivity index (χ0) is 20.6. The highest BCUT2D eigenvalue weighted by atomic mass is 32.2. The number of carbonyl (C=O) groups excluding carboxylic acids is 1. The molecule has 0 atom stereocenters. The molecule has 0 bridgehead atoms. The fourth-order valence-corrected chi connectivity index (χ4v) is 6.29. The van der Waals surface area contributed by atoms with E-state index < -0.39 is 10.0 Å². The van der Waals surface area contributed by atoms with E-state index in [0.717, 1.165) is 25.8 Å². The lowest BCUT2D eigenvalue weighted by Crippen LogP contribution is -2.36. The summed E-state index contributed by atoms with van der Waals surface area (Å²) >= 11 is 0. The third-order valence-electron chi connectivity index (χ3n) is 6.00. The van der Waals surface area contributed by atoms with Gasteiger partial charge in [0.25, 0.3) is 0 Å². The largest absolute Gasteiger partial charge is 0.338 e. The Bertz CT molecular complexity index is 1020. The van der Waals surface area contributed by atoms with Crippen LogP contribution in [0.15, 0.2) is 29.2 Å². The summed E-state index contributed by atoms with van der Waals surface area (Å²) in [6.07, 6.45) is 2.99. The molecule has 1 fully saturated rings. The molecular weight excluding hydrogens is 388 g/mol. The summed E-state index contributed by atoms with van der Waals surface area (Å²) in [5, 5.41) is 4.44. The molecule has 3 heterocycles. The van der Waals surface area contributed by atoms with Crippen LogP contribution >= 0.6 is 0 Å². The summed E-state index contributed by atoms with van der Waals surface area (Å²) in [7, 11) is -3.52. The van der Waals surface area contributed by atoms with Gasteiger partial charge in [-0.2, -0.15) is 9.40 Å². The number of nitrogens with zero attached hydrogens (tertiary/aromatic N) is 4. The summed E-state index contributed by atoms with van der Waals surface area (Å²) in [6.45, 7) is 6.41. The van der Waals surface area contributed by atoms with E-state index in [1.54, 1.807) is 22.8 Å². The number of aromatic nitrogens is 2. The SMILES string of the molecule is Cc1nn(CCC(=O)N2CCc3ccccc3C2)c(C)c1S(=O)(=O)N1CCCC1. The molecule has 4 rings (SSSR count). The van der Waals surface area contributed by atoms with Crippen molar-refractivity contribution in [3.05, 3.63) is 46.8 Å². The van der Waals surface area contributed by atoms with Crippen molar-refractivity contribution in [2.45, 2.75) is 57.5 Å². The van der Waals surface area contributed by atoms with E-state index in [2.05, 4.69) is 17.2 Å². The highest BCUT2D eigenvalue weighted by Gasteiger charge is 2.32. The van der Waals surface area contributed by atoms with Crippen molar-refractivity contribution < 1.29 is 13.2 Å². The van der Waals surface area contributed by atoms with Gasteiger partial charge >= 0.3 is 0 Å². The van der Waals surface area contributed by atoms with E-state index in [9.17, 15) is 13.2 Å². The molecule has 2 aromatic rings. The van der Waals surface area contributed by atoms with Gasteiger partial charge in [-0.3, -0.25) is 9.48 Å². The first-order valence-electron chi connectivity index (χ1n) is 10.3. The topological polar surface area (TPSA) is 75.5 Å². The molecule has 0 N–H and O–H groups in total. The molecule has 8 heteroatoms. The summed E-state index contributed by atoms with van der Waals surface area (Å²) in [6, 6.07) is 8.23. The minimum atomic E-state index is -3.52. The van der Waals surface area contributed by atoms with Crippen LogP contribution in [0, 0.1) is 13.8 Å². The van der Waals surface area contributed by atoms with E-state index >= 15 is 0 Å². The van der Waals surface area contributed by atoms with Crippen molar-refractivity contribution in [3.8, 4) is 0 Å². The lowest BCUT2D eigenvalue weighted by atomic mass is 10.00. The second-order valence-corrected chi connectivity index (χ2v) is 9.79. The van der Waals surface area contributed by atoms with Crippen LogP contribution in [0.3, 0.4) is 0 Å². The highest BCUT2D eigenvalue weighted by Crippen LogP contribution is 2.26. The standard InChI is InChI=1S/C21H28N4O3S/c1-16-21(29(27,28)24-11-5-6-12-24)17(2)25(22-16)14-10-20(26)23-13-9-18-7-3-4-8-19(18)15-23/h3-4,7-8H,5-6,9-15H2,1-2H3. The number of sulfonamides is 1. The van der Waals surface area contributed by atoms with Crippen molar-refractivity contribution in [1.82, 2.24) is 19.0 Å².